The van der Waals surface area contributed by atoms with Gasteiger partial charge in [-0.05, 0) is 17.7 Å². The number of hydrogen-bond acceptors (Lipinski definition) is 4. The summed E-state index contributed by atoms with van der Waals surface area (Å²) in [6, 6.07) is 3.45. The lowest BCUT2D eigenvalue weighted by atomic mass is 10.2. The second-order valence-electron chi connectivity index (χ2n) is 3.66. The lowest BCUT2D eigenvalue weighted by Crippen LogP contribution is -2.15. The highest BCUT2D eigenvalue weighted by atomic mass is 79.9. The van der Waals surface area contributed by atoms with Crippen LogP contribution < -0.4 is 9.47 Å². The van der Waals surface area contributed by atoms with Crippen LogP contribution in [0.25, 0.3) is 0 Å². The van der Waals surface area contributed by atoms with Gasteiger partial charge in [-0.3, -0.25) is 0 Å². The number of fused-ring (bicyclic) bond motifs is 1. The summed E-state index contributed by atoms with van der Waals surface area (Å²) in [5, 5.41) is 0. The number of halogens is 1. The summed E-state index contributed by atoms with van der Waals surface area (Å²) in [7, 11) is -3.05. The number of hydrogen-bond donors (Lipinski definition) is 0. The Kier molecular flexibility index (Phi) is 3.12. The van der Waals surface area contributed by atoms with E-state index in [9.17, 15) is 8.42 Å². The van der Waals surface area contributed by atoms with Gasteiger partial charge >= 0.3 is 0 Å². The number of ether oxygens (including phenoxy) is 2. The SMILES string of the molecule is CS(=O)(=O)Cc1cc2c(cc1Br)OCCO2. The molecule has 0 saturated carbocycles. The average molecular weight is 307 g/mol. The molecule has 0 aliphatic carbocycles. The minimum absolute atomic E-state index is 0.00970. The Morgan fingerprint density at radius 1 is 1.25 bits per heavy atom. The van der Waals surface area contributed by atoms with Gasteiger partial charge in [-0.2, -0.15) is 0 Å². The first-order valence-electron chi connectivity index (χ1n) is 4.71. The molecule has 0 radical (unpaired) electrons. The van der Waals surface area contributed by atoms with Gasteiger partial charge in [0.25, 0.3) is 0 Å². The van der Waals surface area contributed by atoms with Gasteiger partial charge in [-0.25, -0.2) is 8.42 Å². The third-order valence-electron chi connectivity index (χ3n) is 2.13. The molecule has 0 fully saturated rings. The zero-order valence-corrected chi connectivity index (χ0v) is 11.1. The van der Waals surface area contributed by atoms with Gasteiger partial charge in [0.05, 0.1) is 5.75 Å². The fourth-order valence-corrected chi connectivity index (χ4v) is 2.95. The summed E-state index contributed by atoms with van der Waals surface area (Å²) >= 11 is 3.33. The summed E-state index contributed by atoms with van der Waals surface area (Å²) in [6.07, 6.45) is 1.20. The molecule has 1 heterocycles. The van der Waals surface area contributed by atoms with Crippen LogP contribution in [0.2, 0.25) is 0 Å². The van der Waals surface area contributed by atoms with Crippen molar-refractivity contribution in [2.24, 2.45) is 0 Å². The van der Waals surface area contributed by atoms with Crippen LogP contribution in [0, 0.1) is 0 Å². The van der Waals surface area contributed by atoms with Gasteiger partial charge in [0.1, 0.15) is 13.2 Å². The van der Waals surface area contributed by atoms with E-state index in [2.05, 4.69) is 15.9 Å². The van der Waals surface area contributed by atoms with Crippen LogP contribution in [0.3, 0.4) is 0 Å². The maximum Gasteiger partial charge on any atom is 0.162 e. The normalized spacial score (nSPS) is 14.9. The molecule has 88 valence electrons. The molecular formula is C10H11BrO4S. The van der Waals surface area contributed by atoms with Gasteiger partial charge < -0.3 is 9.47 Å². The van der Waals surface area contributed by atoms with Gasteiger partial charge in [-0.15, -0.1) is 0 Å². The molecule has 0 spiro atoms. The van der Waals surface area contributed by atoms with Crippen molar-refractivity contribution in [2.75, 3.05) is 19.5 Å². The van der Waals surface area contributed by atoms with Gasteiger partial charge in [0.2, 0.25) is 0 Å². The van der Waals surface area contributed by atoms with Crippen LogP contribution in [0.15, 0.2) is 16.6 Å². The Morgan fingerprint density at radius 2 is 1.81 bits per heavy atom. The molecule has 0 unspecified atom stereocenters. The number of sulfone groups is 1. The molecule has 0 aromatic heterocycles. The first kappa shape index (κ1) is 11.7. The Bertz CT molecular complexity index is 510. The summed E-state index contributed by atoms with van der Waals surface area (Å²) in [6.45, 7) is 1.01. The Labute approximate surface area is 103 Å². The smallest absolute Gasteiger partial charge is 0.162 e. The third-order valence-corrected chi connectivity index (χ3v) is 3.70. The molecule has 0 saturated heterocycles. The van der Waals surface area contributed by atoms with Gasteiger partial charge in [0.15, 0.2) is 21.3 Å². The molecule has 16 heavy (non-hydrogen) atoms. The molecule has 0 bridgehead atoms. The van der Waals surface area contributed by atoms with Crippen molar-refractivity contribution in [3.63, 3.8) is 0 Å². The fourth-order valence-electron chi connectivity index (χ4n) is 1.50. The van der Waals surface area contributed by atoms with Crippen molar-refractivity contribution in [1.82, 2.24) is 0 Å². The van der Waals surface area contributed by atoms with E-state index in [1.54, 1.807) is 12.1 Å². The van der Waals surface area contributed by atoms with E-state index in [-0.39, 0.29) is 5.75 Å². The molecule has 1 aromatic carbocycles. The van der Waals surface area contributed by atoms with Crippen LogP contribution in [0.1, 0.15) is 5.56 Å². The minimum Gasteiger partial charge on any atom is -0.486 e. The van der Waals surface area contributed by atoms with Crippen LogP contribution in [-0.2, 0) is 15.6 Å². The zero-order valence-electron chi connectivity index (χ0n) is 8.70. The Morgan fingerprint density at radius 3 is 2.38 bits per heavy atom. The second kappa shape index (κ2) is 4.25. The number of benzene rings is 1. The van der Waals surface area contributed by atoms with Crippen molar-refractivity contribution in [2.45, 2.75) is 5.75 Å². The first-order chi connectivity index (χ1) is 7.46. The van der Waals surface area contributed by atoms with Crippen molar-refractivity contribution >= 4 is 25.8 Å². The van der Waals surface area contributed by atoms with E-state index in [1.807, 2.05) is 0 Å². The topological polar surface area (TPSA) is 52.6 Å². The molecular weight excluding hydrogens is 296 g/mol. The summed E-state index contributed by atoms with van der Waals surface area (Å²) in [4.78, 5) is 0. The first-order valence-corrected chi connectivity index (χ1v) is 7.57. The van der Waals surface area contributed by atoms with Gasteiger partial charge in [-0.1, -0.05) is 15.9 Å². The standard InChI is InChI=1S/C10H11BrO4S/c1-16(12,13)6-7-4-9-10(5-8(7)11)15-3-2-14-9/h4-5H,2-3,6H2,1H3. The Balaban J connectivity index is 2.40. The van der Waals surface area contributed by atoms with Crippen molar-refractivity contribution in [3.8, 4) is 11.5 Å². The summed E-state index contributed by atoms with van der Waals surface area (Å²) in [5.41, 5.74) is 0.687. The van der Waals surface area contributed by atoms with E-state index in [0.717, 1.165) is 4.47 Å². The molecule has 1 aliphatic rings. The highest BCUT2D eigenvalue weighted by Crippen LogP contribution is 2.36. The monoisotopic (exact) mass is 306 g/mol. The molecule has 4 nitrogen and oxygen atoms in total. The largest absolute Gasteiger partial charge is 0.486 e. The van der Waals surface area contributed by atoms with Crippen LogP contribution in [-0.4, -0.2) is 27.9 Å². The Hall–Kier alpha value is -0.750. The molecule has 6 heteroatoms. The van der Waals surface area contributed by atoms with E-state index < -0.39 is 9.84 Å². The third kappa shape index (κ3) is 2.68. The van der Waals surface area contributed by atoms with Gasteiger partial charge in [0, 0.05) is 10.7 Å². The van der Waals surface area contributed by atoms with Crippen molar-refractivity contribution in [3.05, 3.63) is 22.2 Å². The van der Waals surface area contributed by atoms with E-state index in [0.29, 0.717) is 30.3 Å². The molecule has 0 atom stereocenters. The second-order valence-corrected chi connectivity index (χ2v) is 6.65. The molecule has 0 amide bonds. The molecule has 1 aromatic rings. The quantitative estimate of drug-likeness (QED) is 0.835. The van der Waals surface area contributed by atoms with E-state index >= 15 is 0 Å². The van der Waals surface area contributed by atoms with Crippen LogP contribution >= 0.6 is 15.9 Å². The summed E-state index contributed by atoms with van der Waals surface area (Å²) in [5.74, 6) is 1.24. The van der Waals surface area contributed by atoms with Crippen LogP contribution in [0.5, 0.6) is 11.5 Å². The predicted octanol–water partition coefficient (Wildman–Crippen LogP) is 1.76. The number of rotatable bonds is 2. The average Bonchev–Trinajstić information content (AvgIpc) is 2.17. The molecule has 0 N–H and O–H groups in total. The predicted molar refractivity (Wildman–Crippen MR) is 63.7 cm³/mol. The molecule has 2 rings (SSSR count). The maximum atomic E-state index is 11.2. The highest BCUT2D eigenvalue weighted by Gasteiger charge is 2.16. The lowest BCUT2D eigenvalue weighted by molar-refractivity contribution is 0.171. The summed E-state index contributed by atoms with van der Waals surface area (Å²) < 4.78 is 34.0. The van der Waals surface area contributed by atoms with Crippen molar-refractivity contribution in [1.29, 1.82) is 0 Å². The fraction of sp³-hybridized carbons (Fsp3) is 0.400. The lowest BCUT2D eigenvalue weighted by Gasteiger charge is -2.19. The minimum atomic E-state index is -3.05. The highest BCUT2D eigenvalue weighted by molar-refractivity contribution is 9.10. The van der Waals surface area contributed by atoms with E-state index in [1.165, 1.54) is 6.26 Å². The van der Waals surface area contributed by atoms with E-state index in [4.69, 9.17) is 9.47 Å². The van der Waals surface area contributed by atoms with Crippen molar-refractivity contribution < 1.29 is 17.9 Å². The maximum absolute atomic E-state index is 11.2. The zero-order chi connectivity index (χ0) is 11.8. The van der Waals surface area contributed by atoms with Crippen LogP contribution in [0.4, 0.5) is 0 Å². The molecule has 1 aliphatic heterocycles.